The molecule has 0 saturated carbocycles. The van der Waals surface area contributed by atoms with E-state index in [0.717, 1.165) is 0 Å². The number of alkyl halides is 3. The number of hydrogen-bond donors (Lipinski definition) is 1. The van der Waals surface area contributed by atoms with Gasteiger partial charge in [0.15, 0.2) is 0 Å². The molecule has 62 valence electrons. The lowest BCUT2D eigenvalue weighted by atomic mass is 10.2. The molecule has 11 heavy (non-hydrogen) atoms. The first-order chi connectivity index (χ1) is 4.90. The maximum absolute atomic E-state index is 12.5. The second-order valence-electron chi connectivity index (χ2n) is 1.72. The molecule has 0 fully saturated rings. The van der Waals surface area contributed by atoms with Crippen molar-refractivity contribution in [3.63, 3.8) is 0 Å². The quantitative estimate of drug-likeness (QED) is 0.589. The van der Waals surface area contributed by atoms with Gasteiger partial charge in [0.1, 0.15) is 0 Å². The van der Waals surface area contributed by atoms with E-state index in [4.69, 9.17) is 5.11 Å². The number of carboxylic acids is 1. The fourth-order valence-corrected chi connectivity index (χ4v) is 0.414. The topological polar surface area (TPSA) is 71.2 Å². The molecule has 0 saturated heterocycles. The zero-order valence-corrected chi connectivity index (χ0v) is 4.79. The Kier molecular flexibility index (Phi) is 1.29. The smallest absolute Gasteiger partial charge is 0.477 e. The van der Waals surface area contributed by atoms with E-state index in [9.17, 15) is 18.0 Å². The van der Waals surface area contributed by atoms with Crippen LogP contribution < -0.4 is 0 Å². The Morgan fingerprint density at radius 2 is 2.00 bits per heavy atom. The zero-order valence-electron chi connectivity index (χ0n) is 4.79. The number of carbonyl (C=O) groups is 1. The number of rotatable bonds is 1. The van der Waals surface area contributed by atoms with Gasteiger partial charge in [-0.05, 0) is 0 Å². The highest BCUT2D eigenvalue weighted by Gasteiger charge is 2.69. The molecule has 0 radical (unpaired) electrons. The fraction of sp³-hybridized carbons (Fsp3) is 0.667. The molecule has 1 heterocycles. The number of carboxylic acid groups (broad SMARTS) is 1. The first-order valence-electron chi connectivity index (χ1n) is 2.30. The van der Waals surface area contributed by atoms with Gasteiger partial charge in [0.25, 0.3) is 0 Å². The van der Waals surface area contributed by atoms with Crippen LogP contribution in [0.1, 0.15) is 0 Å². The van der Waals surface area contributed by atoms with Gasteiger partial charge >= 0.3 is 17.9 Å². The Balaban J connectivity index is 3.02. The van der Waals surface area contributed by atoms with Gasteiger partial charge in [-0.3, -0.25) is 4.84 Å². The summed E-state index contributed by atoms with van der Waals surface area (Å²) in [5.41, 5.74) is 0. The Labute approximate surface area is 57.4 Å². The first kappa shape index (κ1) is 7.76. The Morgan fingerprint density at radius 1 is 1.45 bits per heavy atom. The van der Waals surface area contributed by atoms with Crippen molar-refractivity contribution in [2.75, 3.05) is 0 Å². The van der Waals surface area contributed by atoms with Gasteiger partial charge in [0.05, 0.1) is 0 Å². The van der Waals surface area contributed by atoms with E-state index in [0.29, 0.717) is 0 Å². The van der Waals surface area contributed by atoms with Gasteiger partial charge in [0.2, 0.25) is 0 Å². The lowest BCUT2D eigenvalue weighted by Crippen LogP contribution is -2.46. The van der Waals surface area contributed by atoms with E-state index in [2.05, 4.69) is 15.2 Å². The summed E-state index contributed by atoms with van der Waals surface area (Å²) < 4.78 is 36.6. The molecule has 5 nitrogen and oxygen atoms in total. The van der Waals surface area contributed by atoms with Crippen molar-refractivity contribution in [3.05, 3.63) is 0 Å². The summed E-state index contributed by atoms with van der Waals surface area (Å²) in [6.45, 7) is 0. The molecular formula is C3HF3N2O3. The van der Waals surface area contributed by atoms with Gasteiger partial charge in [0, 0.05) is 5.28 Å². The normalized spacial score (nSPS) is 33.4. The third-order valence-electron chi connectivity index (χ3n) is 1.00. The maximum Gasteiger partial charge on any atom is 0.489 e. The standard InChI is InChI=1S/C3HF3N2O3/c4-2(1(9)10)3(5,6)11-8-7-2/h(H,9,10). The van der Waals surface area contributed by atoms with Crippen LogP contribution in [0.3, 0.4) is 0 Å². The molecule has 0 amide bonds. The van der Waals surface area contributed by atoms with Crippen LogP contribution in [0, 0.1) is 0 Å². The number of nitrogens with zero attached hydrogens (tertiary/aromatic N) is 2. The summed E-state index contributed by atoms with van der Waals surface area (Å²) in [7, 11) is 0. The van der Waals surface area contributed by atoms with Crippen LogP contribution in [-0.2, 0) is 9.63 Å². The number of halogens is 3. The molecule has 8 heteroatoms. The van der Waals surface area contributed by atoms with Crippen molar-refractivity contribution in [1.82, 2.24) is 0 Å². The third-order valence-corrected chi connectivity index (χ3v) is 1.00. The van der Waals surface area contributed by atoms with Gasteiger partial charge in [-0.25, -0.2) is 4.79 Å². The van der Waals surface area contributed by atoms with Crippen LogP contribution in [0.4, 0.5) is 13.2 Å². The predicted molar refractivity (Wildman–Crippen MR) is 22.4 cm³/mol. The zero-order chi connectivity index (χ0) is 8.70. The van der Waals surface area contributed by atoms with Crippen LogP contribution >= 0.6 is 0 Å². The Morgan fingerprint density at radius 3 is 2.18 bits per heavy atom. The van der Waals surface area contributed by atoms with Crippen LogP contribution in [0.5, 0.6) is 0 Å². The Bertz CT molecular complexity index is 230. The van der Waals surface area contributed by atoms with Crippen molar-refractivity contribution in [2.45, 2.75) is 11.9 Å². The lowest BCUT2D eigenvalue weighted by molar-refractivity contribution is -0.277. The monoisotopic (exact) mass is 170 g/mol. The van der Waals surface area contributed by atoms with Crippen LogP contribution in [-0.4, -0.2) is 23.0 Å². The van der Waals surface area contributed by atoms with E-state index in [1.165, 1.54) is 0 Å². The molecule has 1 aliphatic rings. The molecule has 0 aromatic rings. The minimum absolute atomic E-state index is 2.11. The summed E-state index contributed by atoms with van der Waals surface area (Å²) in [6, 6.07) is 0. The van der Waals surface area contributed by atoms with E-state index >= 15 is 0 Å². The van der Waals surface area contributed by atoms with Crippen LogP contribution in [0.25, 0.3) is 0 Å². The second-order valence-corrected chi connectivity index (χ2v) is 1.72. The van der Waals surface area contributed by atoms with Gasteiger partial charge in [-0.15, -0.1) is 0 Å². The first-order valence-corrected chi connectivity index (χ1v) is 2.30. The summed E-state index contributed by atoms with van der Waals surface area (Å²) in [5, 5.41) is 12.2. The van der Waals surface area contributed by atoms with E-state index in [-0.39, 0.29) is 0 Å². The average Bonchev–Trinajstić information content (AvgIpc) is 2.09. The second kappa shape index (κ2) is 1.83. The minimum atomic E-state index is -4.53. The van der Waals surface area contributed by atoms with Gasteiger partial charge in [-0.1, -0.05) is 5.11 Å². The minimum Gasteiger partial charge on any atom is -0.477 e. The molecule has 0 aromatic heterocycles. The van der Waals surface area contributed by atoms with E-state index < -0.39 is 17.9 Å². The summed E-state index contributed by atoms with van der Waals surface area (Å²) >= 11 is 0. The van der Waals surface area contributed by atoms with Crippen molar-refractivity contribution < 1.29 is 27.9 Å². The third kappa shape index (κ3) is 0.819. The van der Waals surface area contributed by atoms with Crippen LogP contribution in [0.15, 0.2) is 10.4 Å². The van der Waals surface area contributed by atoms with E-state index in [1.54, 1.807) is 0 Å². The number of hydrogen-bond acceptors (Lipinski definition) is 4. The fourth-order valence-electron chi connectivity index (χ4n) is 0.414. The van der Waals surface area contributed by atoms with Crippen molar-refractivity contribution >= 4 is 5.97 Å². The molecule has 0 bridgehead atoms. The summed E-state index contributed by atoms with van der Waals surface area (Å²) in [4.78, 5) is 12.9. The van der Waals surface area contributed by atoms with Crippen molar-refractivity contribution in [1.29, 1.82) is 0 Å². The molecule has 0 aliphatic carbocycles. The Hall–Kier alpha value is -1.34. The lowest BCUT2D eigenvalue weighted by Gasteiger charge is -2.14. The highest BCUT2D eigenvalue weighted by Crippen LogP contribution is 2.40. The molecule has 1 unspecified atom stereocenters. The van der Waals surface area contributed by atoms with Crippen molar-refractivity contribution in [3.8, 4) is 0 Å². The molecular weight excluding hydrogens is 169 g/mol. The average molecular weight is 170 g/mol. The molecule has 0 aromatic carbocycles. The number of aliphatic carboxylic acids is 1. The predicted octanol–water partition coefficient (Wildman–Crippen LogP) is 0.727. The van der Waals surface area contributed by atoms with Gasteiger partial charge < -0.3 is 5.11 Å². The molecule has 0 spiro atoms. The summed E-state index contributed by atoms with van der Waals surface area (Å²) in [6.07, 6.45) is -4.53. The molecule has 1 atom stereocenters. The maximum atomic E-state index is 12.5. The van der Waals surface area contributed by atoms with Crippen LogP contribution in [0.2, 0.25) is 0 Å². The molecule has 1 rings (SSSR count). The molecule has 1 N–H and O–H groups in total. The highest BCUT2D eigenvalue weighted by atomic mass is 19.3. The largest absolute Gasteiger partial charge is 0.489 e. The van der Waals surface area contributed by atoms with Gasteiger partial charge in [-0.2, -0.15) is 13.2 Å². The summed E-state index contributed by atoms with van der Waals surface area (Å²) in [5.74, 6) is -6.53. The molecule has 1 aliphatic heterocycles. The highest BCUT2D eigenvalue weighted by molar-refractivity contribution is 5.78. The van der Waals surface area contributed by atoms with E-state index in [1.807, 2.05) is 0 Å². The van der Waals surface area contributed by atoms with Crippen molar-refractivity contribution in [2.24, 2.45) is 10.4 Å². The SMILES string of the molecule is O=C(O)C1(F)N=NOC1(F)F.